The van der Waals surface area contributed by atoms with Gasteiger partial charge in [-0.05, 0) is 23.6 Å². The van der Waals surface area contributed by atoms with Crippen molar-refractivity contribution in [1.82, 2.24) is 10.6 Å². The molecule has 1 aromatic rings. The number of hydrogen-bond donors (Lipinski definition) is 3. The second-order valence-electron chi connectivity index (χ2n) is 4.85. The van der Waals surface area contributed by atoms with Gasteiger partial charge in [0, 0.05) is 37.1 Å². The summed E-state index contributed by atoms with van der Waals surface area (Å²) in [7, 11) is 0. The molecule has 108 valence electrons. The maximum Gasteiger partial charge on any atom is 0.0716 e. The second kappa shape index (κ2) is 8.08. The molecular formula is C14H22Cl2N2O. The molecule has 0 bridgehead atoms. The first-order valence-corrected chi connectivity index (χ1v) is 6.96. The van der Waals surface area contributed by atoms with Crippen LogP contribution in [0.3, 0.4) is 0 Å². The van der Waals surface area contributed by atoms with Gasteiger partial charge in [0.1, 0.15) is 0 Å². The van der Waals surface area contributed by atoms with Crippen molar-refractivity contribution in [3.63, 3.8) is 0 Å². The molecule has 1 saturated heterocycles. The summed E-state index contributed by atoms with van der Waals surface area (Å²) in [4.78, 5) is 0. The average molecular weight is 305 g/mol. The topological polar surface area (TPSA) is 44.3 Å². The number of halogens is 2. The van der Waals surface area contributed by atoms with Crippen LogP contribution in [0.15, 0.2) is 18.2 Å². The van der Waals surface area contributed by atoms with Crippen molar-refractivity contribution < 1.29 is 5.11 Å². The lowest BCUT2D eigenvalue weighted by Gasteiger charge is -2.16. The maximum atomic E-state index is 9.71. The molecule has 1 heterocycles. The summed E-state index contributed by atoms with van der Waals surface area (Å²) < 4.78 is 0. The molecule has 0 radical (unpaired) electrons. The van der Waals surface area contributed by atoms with Crippen molar-refractivity contribution >= 4 is 24.0 Å². The third-order valence-electron chi connectivity index (χ3n) is 3.61. The molecule has 1 aromatic carbocycles. The number of β-amino-alcohol motifs (C(OH)–C–C–N with tert-alkyl or cyclic N) is 1. The number of aliphatic hydroxyl groups excluding tert-OH is 1. The number of benzene rings is 1. The summed E-state index contributed by atoms with van der Waals surface area (Å²) in [6, 6.07) is 6.05. The normalized spacial score (nSPS) is 22.3. The molecule has 2 atom stereocenters. The number of aryl methyl sites for hydroxylation is 1. The van der Waals surface area contributed by atoms with E-state index in [1.807, 2.05) is 12.1 Å². The van der Waals surface area contributed by atoms with Gasteiger partial charge < -0.3 is 15.7 Å². The Morgan fingerprint density at radius 3 is 2.84 bits per heavy atom. The van der Waals surface area contributed by atoms with Gasteiger partial charge in [-0.3, -0.25) is 0 Å². The Hall–Kier alpha value is -0.320. The highest BCUT2D eigenvalue weighted by Crippen LogP contribution is 2.20. The SMILES string of the molecule is CCc1cccc(Cl)c1CNCC1CNCC1O.Cl. The van der Waals surface area contributed by atoms with E-state index in [-0.39, 0.29) is 18.5 Å². The molecule has 1 aliphatic heterocycles. The highest BCUT2D eigenvalue weighted by atomic mass is 35.5. The monoisotopic (exact) mass is 304 g/mol. The van der Waals surface area contributed by atoms with Crippen LogP contribution in [0.5, 0.6) is 0 Å². The first-order chi connectivity index (χ1) is 8.72. The van der Waals surface area contributed by atoms with Crippen LogP contribution in [-0.2, 0) is 13.0 Å². The summed E-state index contributed by atoms with van der Waals surface area (Å²) in [5.74, 6) is 0.303. The number of rotatable bonds is 5. The van der Waals surface area contributed by atoms with Crippen molar-refractivity contribution in [3.8, 4) is 0 Å². The smallest absolute Gasteiger partial charge is 0.0716 e. The van der Waals surface area contributed by atoms with Gasteiger partial charge in [0.2, 0.25) is 0 Å². The number of aliphatic hydroxyl groups is 1. The number of nitrogens with one attached hydrogen (secondary N) is 2. The third-order valence-corrected chi connectivity index (χ3v) is 3.96. The first kappa shape index (κ1) is 16.7. The Bertz CT molecular complexity index is 401. The molecule has 0 spiro atoms. The van der Waals surface area contributed by atoms with E-state index in [1.165, 1.54) is 11.1 Å². The summed E-state index contributed by atoms with van der Waals surface area (Å²) >= 11 is 6.23. The lowest BCUT2D eigenvalue weighted by molar-refractivity contribution is 0.146. The van der Waals surface area contributed by atoms with Crippen LogP contribution in [-0.4, -0.2) is 30.8 Å². The van der Waals surface area contributed by atoms with Gasteiger partial charge in [0.15, 0.2) is 0 Å². The molecule has 0 saturated carbocycles. The molecule has 1 aliphatic rings. The molecule has 3 nitrogen and oxygen atoms in total. The summed E-state index contributed by atoms with van der Waals surface area (Å²) in [6.45, 7) is 5.32. The summed E-state index contributed by atoms with van der Waals surface area (Å²) in [5.41, 5.74) is 2.47. The molecule has 2 unspecified atom stereocenters. The van der Waals surface area contributed by atoms with Gasteiger partial charge in [-0.15, -0.1) is 12.4 Å². The minimum atomic E-state index is -0.227. The fourth-order valence-corrected chi connectivity index (χ4v) is 2.70. The quantitative estimate of drug-likeness (QED) is 0.779. The molecule has 0 aliphatic carbocycles. The molecule has 5 heteroatoms. The Morgan fingerprint density at radius 2 is 2.21 bits per heavy atom. The van der Waals surface area contributed by atoms with Crippen LogP contribution in [0, 0.1) is 5.92 Å². The van der Waals surface area contributed by atoms with E-state index in [4.69, 9.17) is 11.6 Å². The Labute approximate surface area is 126 Å². The van der Waals surface area contributed by atoms with Gasteiger partial charge >= 0.3 is 0 Å². The van der Waals surface area contributed by atoms with Crippen LogP contribution in [0.25, 0.3) is 0 Å². The van der Waals surface area contributed by atoms with Crippen LogP contribution in [0.4, 0.5) is 0 Å². The van der Waals surface area contributed by atoms with Gasteiger partial charge in [0.05, 0.1) is 6.10 Å². The second-order valence-corrected chi connectivity index (χ2v) is 5.25. The zero-order valence-corrected chi connectivity index (χ0v) is 12.7. The Balaban J connectivity index is 0.00000180. The molecule has 3 N–H and O–H groups in total. The maximum absolute atomic E-state index is 9.71. The molecule has 1 fully saturated rings. The van der Waals surface area contributed by atoms with E-state index < -0.39 is 0 Å². The zero-order chi connectivity index (χ0) is 13.0. The standard InChI is InChI=1S/C14H21ClN2O.ClH/c1-2-10-4-3-5-13(15)12(10)8-16-6-11-7-17-9-14(11)18;/h3-5,11,14,16-18H,2,6-9H2,1H3;1H. The average Bonchev–Trinajstić information content (AvgIpc) is 2.77. The molecular weight excluding hydrogens is 283 g/mol. The predicted octanol–water partition coefficient (Wildman–Crippen LogP) is 1.99. The molecule has 19 heavy (non-hydrogen) atoms. The van der Waals surface area contributed by atoms with Crippen molar-refractivity contribution in [2.24, 2.45) is 5.92 Å². The fourth-order valence-electron chi connectivity index (χ4n) is 2.44. The summed E-state index contributed by atoms with van der Waals surface area (Å²) in [6.07, 6.45) is 0.764. The Morgan fingerprint density at radius 1 is 1.42 bits per heavy atom. The van der Waals surface area contributed by atoms with E-state index >= 15 is 0 Å². The molecule has 0 aromatic heterocycles. The van der Waals surface area contributed by atoms with E-state index in [2.05, 4.69) is 23.6 Å². The van der Waals surface area contributed by atoms with Crippen LogP contribution in [0.2, 0.25) is 5.02 Å². The fraction of sp³-hybridized carbons (Fsp3) is 0.571. The highest BCUT2D eigenvalue weighted by Gasteiger charge is 2.24. The van der Waals surface area contributed by atoms with Crippen molar-refractivity contribution in [2.45, 2.75) is 26.0 Å². The van der Waals surface area contributed by atoms with E-state index in [0.29, 0.717) is 12.5 Å². The third kappa shape index (κ3) is 4.33. The summed E-state index contributed by atoms with van der Waals surface area (Å²) in [5, 5.41) is 17.1. The first-order valence-electron chi connectivity index (χ1n) is 6.58. The van der Waals surface area contributed by atoms with Crippen molar-refractivity contribution in [2.75, 3.05) is 19.6 Å². The minimum Gasteiger partial charge on any atom is -0.391 e. The van der Waals surface area contributed by atoms with E-state index in [9.17, 15) is 5.11 Å². The largest absolute Gasteiger partial charge is 0.391 e. The van der Waals surface area contributed by atoms with E-state index in [0.717, 1.165) is 31.1 Å². The van der Waals surface area contributed by atoms with Crippen molar-refractivity contribution in [1.29, 1.82) is 0 Å². The van der Waals surface area contributed by atoms with Crippen LogP contribution < -0.4 is 10.6 Å². The number of hydrogen-bond acceptors (Lipinski definition) is 3. The Kier molecular flexibility index (Phi) is 7.11. The van der Waals surface area contributed by atoms with Gasteiger partial charge in [-0.25, -0.2) is 0 Å². The van der Waals surface area contributed by atoms with Crippen LogP contribution in [0.1, 0.15) is 18.1 Å². The molecule has 2 rings (SSSR count). The lowest BCUT2D eigenvalue weighted by Crippen LogP contribution is -2.30. The molecule has 0 amide bonds. The predicted molar refractivity (Wildman–Crippen MR) is 82.2 cm³/mol. The van der Waals surface area contributed by atoms with Gasteiger partial charge in [-0.1, -0.05) is 30.7 Å². The highest BCUT2D eigenvalue weighted by molar-refractivity contribution is 6.31. The van der Waals surface area contributed by atoms with Gasteiger partial charge in [0.25, 0.3) is 0 Å². The zero-order valence-electron chi connectivity index (χ0n) is 11.2. The minimum absolute atomic E-state index is 0. The lowest BCUT2D eigenvalue weighted by atomic mass is 10.0. The van der Waals surface area contributed by atoms with Crippen molar-refractivity contribution in [3.05, 3.63) is 34.3 Å². The van der Waals surface area contributed by atoms with E-state index in [1.54, 1.807) is 0 Å². The van der Waals surface area contributed by atoms with Gasteiger partial charge in [-0.2, -0.15) is 0 Å². The van der Waals surface area contributed by atoms with Crippen LogP contribution >= 0.6 is 24.0 Å².